The number of nitrogens with one attached hydrogen (secondary N) is 2. The molecule has 1 aliphatic carbocycles. The number of aliphatic hydroxyl groups excluding tert-OH is 1. The van der Waals surface area contributed by atoms with E-state index in [1.165, 1.54) is 6.42 Å². The lowest BCUT2D eigenvalue weighted by Crippen LogP contribution is -2.22. The van der Waals surface area contributed by atoms with E-state index < -0.39 is 0 Å². The predicted octanol–water partition coefficient (Wildman–Crippen LogP) is 1.52. The first-order chi connectivity index (χ1) is 10.3. The summed E-state index contributed by atoms with van der Waals surface area (Å²) in [4.78, 5) is 12.7. The fourth-order valence-corrected chi connectivity index (χ4v) is 2.69. The molecule has 0 aromatic carbocycles. The zero-order chi connectivity index (χ0) is 15.1. The lowest BCUT2D eigenvalue weighted by Gasteiger charge is -2.18. The zero-order valence-corrected chi connectivity index (χ0v) is 12.8. The summed E-state index contributed by atoms with van der Waals surface area (Å²) in [5.41, 5.74) is 0. The maximum Gasteiger partial charge on any atom is 0.322 e. The van der Waals surface area contributed by atoms with Crippen LogP contribution in [-0.2, 0) is 0 Å². The molecule has 2 rings (SSSR count). The van der Waals surface area contributed by atoms with Crippen LogP contribution >= 0.6 is 0 Å². The van der Waals surface area contributed by atoms with E-state index in [1.54, 1.807) is 7.11 Å². The average Bonchev–Trinajstić information content (AvgIpc) is 2.98. The van der Waals surface area contributed by atoms with Gasteiger partial charge in [0.05, 0.1) is 7.11 Å². The SMILES string of the molecule is CCCNc1nc(NCC2CCCC2CO)nc(OC)n1. The Labute approximate surface area is 125 Å². The van der Waals surface area contributed by atoms with Crippen molar-refractivity contribution >= 4 is 11.9 Å². The van der Waals surface area contributed by atoms with E-state index in [0.717, 1.165) is 32.4 Å². The average molecular weight is 295 g/mol. The minimum atomic E-state index is 0.260. The third kappa shape index (κ3) is 4.42. The first-order valence-electron chi connectivity index (χ1n) is 7.65. The van der Waals surface area contributed by atoms with Crippen LogP contribution in [0.3, 0.4) is 0 Å². The molecular formula is C14H25N5O2. The Kier molecular flexibility index (Phi) is 5.98. The van der Waals surface area contributed by atoms with Crippen LogP contribution < -0.4 is 15.4 Å². The quantitative estimate of drug-likeness (QED) is 0.669. The van der Waals surface area contributed by atoms with Gasteiger partial charge in [-0.15, -0.1) is 0 Å². The monoisotopic (exact) mass is 295 g/mol. The van der Waals surface area contributed by atoms with E-state index in [1.807, 2.05) is 0 Å². The standard InChI is InChI=1S/C14H25N5O2/c1-3-7-15-12-17-13(19-14(18-12)21-2)16-8-10-5-4-6-11(10)9-20/h10-11,20H,3-9H2,1-2H3,(H2,15,16,17,18,19). The van der Waals surface area contributed by atoms with E-state index in [9.17, 15) is 5.11 Å². The number of methoxy groups -OCH3 is 1. The summed E-state index contributed by atoms with van der Waals surface area (Å²) < 4.78 is 5.11. The van der Waals surface area contributed by atoms with E-state index in [-0.39, 0.29) is 6.61 Å². The lowest BCUT2D eigenvalue weighted by atomic mass is 9.97. The van der Waals surface area contributed by atoms with Gasteiger partial charge in [-0.1, -0.05) is 13.3 Å². The van der Waals surface area contributed by atoms with Gasteiger partial charge in [-0.05, 0) is 31.1 Å². The Bertz CT molecular complexity index is 443. The first-order valence-corrected chi connectivity index (χ1v) is 7.65. The number of hydrogen-bond donors (Lipinski definition) is 3. The van der Waals surface area contributed by atoms with Gasteiger partial charge in [0.15, 0.2) is 0 Å². The number of aliphatic hydroxyl groups is 1. The molecule has 2 unspecified atom stereocenters. The molecule has 0 radical (unpaired) electrons. The summed E-state index contributed by atoms with van der Waals surface area (Å²) in [7, 11) is 1.54. The predicted molar refractivity (Wildman–Crippen MR) is 81.6 cm³/mol. The Balaban J connectivity index is 1.97. The molecule has 118 valence electrons. The number of aromatic nitrogens is 3. The fraction of sp³-hybridized carbons (Fsp3) is 0.786. The van der Waals surface area contributed by atoms with Crippen molar-refractivity contribution in [1.29, 1.82) is 0 Å². The highest BCUT2D eigenvalue weighted by Gasteiger charge is 2.26. The number of nitrogens with zero attached hydrogens (tertiary/aromatic N) is 3. The van der Waals surface area contributed by atoms with E-state index in [2.05, 4.69) is 32.5 Å². The van der Waals surface area contributed by atoms with Gasteiger partial charge in [0.1, 0.15) is 0 Å². The molecule has 1 fully saturated rings. The minimum absolute atomic E-state index is 0.260. The van der Waals surface area contributed by atoms with Crippen LogP contribution in [0.2, 0.25) is 0 Å². The fourth-order valence-electron chi connectivity index (χ4n) is 2.69. The summed E-state index contributed by atoms with van der Waals surface area (Å²) in [6.45, 7) is 3.92. The van der Waals surface area contributed by atoms with Crippen LogP contribution in [0.5, 0.6) is 6.01 Å². The molecule has 0 spiro atoms. The Morgan fingerprint density at radius 3 is 2.52 bits per heavy atom. The van der Waals surface area contributed by atoms with Gasteiger partial charge in [-0.25, -0.2) is 0 Å². The van der Waals surface area contributed by atoms with Gasteiger partial charge >= 0.3 is 6.01 Å². The Morgan fingerprint density at radius 1 is 1.14 bits per heavy atom. The van der Waals surface area contributed by atoms with Gasteiger partial charge in [0, 0.05) is 19.7 Å². The number of rotatable bonds is 8. The number of ether oxygens (including phenoxy) is 1. The van der Waals surface area contributed by atoms with Crippen molar-refractivity contribution in [2.45, 2.75) is 32.6 Å². The molecule has 0 aliphatic heterocycles. The molecule has 21 heavy (non-hydrogen) atoms. The van der Waals surface area contributed by atoms with Crippen molar-refractivity contribution in [3.8, 4) is 6.01 Å². The van der Waals surface area contributed by atoms with Gasteiger partial charge in [-0.3, -0.25) is 0 Å². The van der Waals surface area contributed by atoms with Crippen molar-refractivity contribution in [3.05, 3.63) is 0 Å². The van der Waals surface area contributed by atoms with Crippen molar-refractivity contribution in [1.82, 2.24) is 15.0 Å². The van der Waals surface area contributed by atoms with Gasteiger partial charge in [-0.2, -0.15) is 15.0 Å². The van der Waals surface area contributed by atoms with Gasteiger partial charge in [0.25, 0.3) is 0 Å². The van der Waals surface area contributed by atoms with Crippen molar-refractivity contribution in [2.24, 2.45) is 11.8 Å². The van der Waals surface area contributed by atoms with E-state index in [0.29, 0.717) is 29.7 Å². The smallest absolute Gasteiger partial charge is 0.322 e. The highest BCUT2D eigenvalue weighted by molar-refractivity contribution is 5.35. The second-order valence-electron chi connectivity index (χ2n) is 5.41. The maximum absolute atomic E-state index is 9.36. The second-order valence-corrected chi connectivity index (χ2v) is 5.41. The van der Waals surface area contributed by atoms with Gasteiger partial charge < -0.3 is 20.5 Å². The molecule has 7 nitrogen and oxygen atoms in total. The highest BCUT2D eigenvalue weighted by Crippen LogP contribution is 2.31. The first kappa shape index (κ1) is 15.8. The second kappa shape index (κ2) is 7.97. The van der Waals surface area contributed by atoms with Crippen LogP contribution in [0.1, 0.15) is 32.6 Å². The molecule has 1 aliphatic rings. The summed E-state index contributed by atoms with van der Waals surface area (Å²) in [5.74, 6) is 1.91. The molecule has 3 N–H and O–H groups in total. The Hall–Kier alpha value is -1.63. The van der Waals surface area contributed by atoms with Crippen LogP contribution in [0.15, 0.2) is 0 Å². The third-order valence-corrected chi connectivity index (χ3v) is 3.90. The molecule has 1 saturated carbocycles. The maximum atomic E-state index is 9.36. The van der Waals surface area contributed by atoms with E-state index >= 15 is 0 Å². The number of hydrogen-bond acceptors (Lipinski definition) is 7. The molecule has 0 saturated heterocycles. The highest BCUT2D eigenvalue weighted by atomic mass is 16.5. The Morgan fingerprint density at radius 2 is 1.86 bits per heavy atom. The minimum Gasteiger partial charge on any atom is -0.467 e. The summed E-state index contributed by atoms with van der Waals surface area (Å²) in [6, 6.07) is 0.302. The molecule has 2 atom stereocenters. The van der Waals surface area contributed by atoms with E-state index in [4.69, 9.17) is 4.74 Å². The third-order valence-electron chi connectivity index (χ3n) is 3.90. The molecule has 1 aromatic rings. The van der Waals surface area contributed by atoms with Crippen molar-refractivity contribution < 1.29 is 9.84 Å². The molecule has 1 heterocycles. The van der Waals surface area contributed by atoms with Crippen LogP contribution in [0.25, 0.3) is 0 Å². The van der Waals surface area contributed by atoms with Crippen molar-refractivity contribution in [3.63, 3.8) is 0 Å². The zero-order valence-electron chi connectivity index (χ0n) is 12.8. The molecule has 0 amide bonds. The lowest BCUT2D eigenvalue weighted by molar-refractivity contribution is 0.198. The molecule has 0 bridgehead atoms. The van der Waals surface area contributed by atoms with Crippen LogP contribution in [0, 0.1) is 11.8 Å². The van der Waals surface area contributed by atoms with Crippen LogP contribution in [0.4, 0.5) is 11.9 Å². The van der Waals surface area contributed by atoms with Crippen LogP contribution in [-0.4, -0.2) is 46.9 Å². The summed E-state index contributed by atoms with van der Waals surface area (Å²) >= 11 is 0. The summed E-state index contributed by atoms with van der Waals surface area (Å²) in [6.07, 6.45) is 4.42. The molecule has 7 heteroatoms. The molecular weight excluding hydrogens is 270 g/mol. The normalized spacial score (nSPS) is 21.3. The summed E-state index contributed by atoms with van der Waals surface area (Å²) in [5, 5.41) is 15.7. The topological polar surface area (TPSA) is 92.2 Å². The largest absolute Gasteiger partial charge is 0.467 e. The molecule has 1 aromatic heterocycles. The number of anilines is 2. The van der Waals surface area contributed by atoms with Gasteiger partial charge in [0.2, 0.25) is 11.9 Å². The van der Waals surface area contributed by atoms with Crippen molar-refractivity contribution in [2.75, 3.05) is 37.4 Å².